The molecule has 0 aromatic heterocycles. The molecule has 0 aliphatic heterocycles. The molecule has 0 saturated heterocycles. The quantitative estimate of drug-likeness (QED) is 0.449. The second-order valence-corrected chi connectivity index (χ2v) is 5.98. The second kappa shape index (κ2) is 10.1. The zero-order chi connectivity index (χ0) is 15.6. The van der Waals surface area contributed by atoms with E-state index in [-0.39, 0.29) is 5.91 Å². The van der Waals surface area contributed by atoms with E-state index in [2.05, 4.69) is 31.4 Å². The van der Waals surface area contributed by atoms with E-state index in [1.165, 1.54) is 0 Å². The molecule has 1 unspecified atom stereocenters. The van der Waals surface area contributed by atoms with Gasteiger partial charge in [-0.05, 0) is 32.7 Å². The van der Waals surface area contributed by atoms with Gasteiger partial charge in [0.2, 0.25) is 5.91 Å². The first-order valence-corrected chi connectivity index (χ1v) is 7.47. The van der Waals surface area contributed by atoms with Crippen molar-refractivity contribution in [2.24, 2.45) is 11.8 Å². The molecule has 0 aromatic rings. The molecule has 0 fully saturated rings. The molecular formula is C15H32N2O3. The Hall–Kier alpha value is -0.650. The number of likely N-dealkylation sites (N-methyl/N-ethyl adjacent to an activating group) is 1. The highest BCUT2D eigenvalue weighted by Gasteiger charge is 2.18. The molecule has 0 spiro atoms. The summed E-state index contributed by atoms with van der Waals surface area (Å²) in [5, 5.41) is 5.89. The van der Waals surface area contributed by atoms with E-state index in [0.29, 0.717) is 38.0 Å². The number of ether oxygens (including phenoxy) is 2. The minimum atomic E-state index is -0.618. The maximum absolute atomic E-state index is 11.7. The Bertz CT molecular complexity index is 268. The van der Waals surface area contributed by atoms with Crippen molar-refractivity contribution < 1.29 is 14.3 Å². The number of carbonyl (C=O) groups is 1. The van der Waals surface area contributed by atoms with Crippen LogP contribution >= 0.6 is 0 Å². The number of amides is 1. The van der Waals surface area contributed by atoms with Crippen LogP contribution < -0.4 is 10.6 Å². The highest BCUT2D eigenvalue weighted by atomic mass is 16.7. The minimum absolute atomic E-state index is 0.0868. The molecule has 0 aliphatic carbocycles. The normalized spacial score (nSPS) is 13.6. The van der Waals surface area contributed by atoms with Gasteiger partial charge < -0.3 is 20.1 Å². The van der Waals surface area contributed by atoms with Gasteiger partial charge >= 0.3 is 0 Å². The fraction of sp³-hybridized carbons (Fsp3) is 0.933. The Kier molecular flexibility index (Phi) is 9.80. The molecule has 120 valence electrons. The number of carbonyl (C=O) groups excluding carboxylic acids is 1. The molecule has 0 radical (unpaired) electrons. The zero-order valence-corrected chi connectivity index (χ0v) is 13.9. The van der Waals surface area contributed by atoms with Crippen molar-refractivity contribution in [3.8, 4) is 0 Å². The molecule has 5 heteroatoms. The molecule has 1 amide bonds. The lowest BCUT2D eigenvalue weighted by molar-refractivity contribution is -0.211. The first-order valence-electron chi connectivity index (χ1n) is 7.47. The third kappa shape index (κ3) is 10.2. The zero-order valence-electron chi connectivity index (χ0n) is 13.9. The average molecular weight is 288 g/mol. The first-order chi connectivity index (χ1) is 9.28. The Morgan fingerprint density at radius 1 is 1.10 bits per heavy atom. The number of hydrogen-bond donors (Lipinski definition) is 2. The van der Waals surface area contributed by atoms with Gasteiger partial charge in [0.05, 0.1) is 13.2 Å². The van der Waals surface area contributed by atoms with E-state index in [9.17, 15) is 4.79 Å². The summed E-state index contributed by atoms with van der Waals surface area (Å²) >= 11 is 0. The lowest BCUT2D eigenvalue weighted by atomic mass is 9.94. The number of rotatable bonds is 11. The molecule has 20 heavy (non-hydrogen) atoms. The highest BCUT2D eigenvalue weighted by molar-refractivity contribution is 5.76. The molecule has 0 aliphatic rings. The maximum Gasteiger partial charge on any atom is 0.220 e. The van der Waals surface area contributed by atoms with Crippen LogP contribution in [-0.2, 0) is 14.3 Å². The highest BCUT2D eigenvalue weighted by Crippen LogP contribution is 2.13. The van der Waals surface area contributed by atoms with Crippen molar-refractivity contribution in [2.75, 3.05) is 33.4 Å². The van der Waals surface area contributed by atoms with E-state index >= 15 is 0 Å². The lowest BCUT2D eigenvalue weighted by Crippen LogP contribution is -2.35. The van der Waals surface area contributed by atoms with E-state index in [0.717, 1.165) is 6.54 Å². The fourth-order valence-corrected chi connectivity index (χ4v) is 1.53. The van der Waals surface area contributed by atoms with Crippen molar-refractivity contribution >= 4 is 5.91 Å². The Morgan fingerprint density at radius 2 is 1.65 bits per heavy atom. The predicted octanol–water partition coefficient (Wildman–Crippen LogP) is 1.77. The summed E-state index contributed by atoms with van der Waals surface area (Å²) in [4.78, 5) is 11.7. The van der Waals surface area contributed by atoms with Crippen molar-refractivity contribution in [3.63, 3.8) is 0 Å². The van der Waals surface area contributed by atoms with Crippen LogP contribution in [0.4, 0.5) is 0 Å². The average Bonchev–Trinajstić information content (AvgIpc) is 2.34. The lowest BCUT2D eigenvalue weighted by Gasteiger charge is -2.26. The Morgan fingerprint density at radius 3 is 2.15 bits per heavy atom. The standard InChI is InChI=1S/C15H32N2O3/c1-12(2)13(3)11-14(18)17-8-10-20-15(4,5)19-9-7-16-6/h12-13,16H,7-11H2,1-6H3,(H,17,18). The van der Waals surface area contributed by atoms with Crippen LogP contribution in [0.15, 0.2) is 0 Å². The third-order valence-electron chi connectivity index (χ3n) is 3.32. The minimum Gasteiger partial charge on any atom is -0.354 e. The third-order valence-corrected chi connectivity index (χ3v) is 3.32. The molecule has 5 nitrogen and oxygen atoms in total. The van der Waals surface area contributed by atoms with E-state index in [1.54, 1.807) is 0 Å². The van der Waals surface area contributed by atoms with Crippen LogP contribution in [-0.4, -0.2) is 45.0 Å². The van der Waals surface area contributed by atoms with Crippen LogP contribution in [0.25, 0.3) is 0 Å². The van der Waals surface area contributed by atoms with E-state index in [4.69, 9.17) is 9.47 Å². The van der Waals surface area contributed by atoms with Gasteiger partial charge in [0.25, 0.3) is 0 Å². The smallest absolute Gasteiger partial charge is 0.220 e. The first kappa shape index (κ1) is 19.4. The molecule has 0 aromatic carbocycles. The largest absolute Gasteiger partial charge is 0.354 e. The predicted molar refractivity (Wildman–Crippen MR) is 81.5 cm³/mol. The SMILES string of the molecule is CNCCOC(C)(C)OCCNC(=O)CC(C)C(C)C. The summed E-state index contributed by atoms with van der Waals surface area (Å²) in [6.45, 7) is 12.5. The maximum atomic E-state index is 11.7. The van der Waals surface area contributed by atoms with Crippen molar-refractivity contribution in [2.45, 2.75) is 46.8 Å². The summed E-state index contributed by atoms with van der Waals surface area (Å²) in [6.07, 6.45) is 0.569. The summed E-state index contributed by atoms with van der Waals surface area (Å²) in [6, 6.07) is 0. The molecule has 0 rings (SSSR count). The van der Waals surface area contributed by atoms with Gasteiger partial charge in [0.15, 0.2) is 5.79 Å². The summed E-state index contributed by atoms with van der Waals surface area (Å²) < 4.78 is 11.2. The molecule has 0 heterocycles. The summed E-state index contributed by atoms with van der Waals surface area (Å²) in [5.41, 5.74) is 0. The van der Waals surface area contributed by atoms with Gasteiger partial charge in [-0.2, -0.15) is 0 Å². The Labute approximate surface area is 123 Å². The molecule has 0 bridgehead atoms. The second-order valence-electron chi connectivity index (χ2n) is 5.98. The van der Waals surface area contributed by atoms with E-state index in [1.807, 2.05) is 20.9 Å². The van der Waals surface area contributed by atoms with Crippen LogP contribution in [0.5, 0.6) is 0 Å². The molecule has 1 atom stereocenters. The van der Waals surface area contributed by atoms with Gasteiger partial charge in [-0.3, -0.25) is 4.79 Å². The van der Waals surface area contributed by atoms with Gasteiger partial charge in [-0.25, -0.2) is 0 Å². The Balaban J connectivity index is 3.71. The molecule has 0 saturated carbocycles. The fourth-order valence-electron chi connectivity index (χ4n) is 1.53. The van der Waals surface area contributed by atoms with Crippen molar-refractivity contribution in [1.82, 2.24) is 10.6 Å². The van der Waals surface area contributed by atoms with Crippen LogP contribution in [0, 0.1) is 11.8 Å². The van der Waals surface area contributed by atoms with Gasteiger partial charge in [0, 0.05) is 19.5 Å². The van der Waals surface area contributed by atoms with Crippen LogP contribution in [0.3, 0.4) is 0 Å². The van der Waals surface area contributed by atoms with Gasteiger partial charge in [-0.1, -0.05) is 20.8 Å². The summed E-state index contributed by atoms with van der Waals surface area (Å²) in [5.74, 6) is 0.393. The molecular weight excluding hydrogens is 256 g/mol. The van der Waals surface area contributed by atoms with Crippen LogP contribution in [0.1, 0.15) is 41.0 Å². The number of nitrogens with one attached hydrogen (secondary N) is 2. The molecule has 2 N–H and O–H groups in total. The van der Waals surface area contributed by atoms with Crippen molar-refractivity contribution in [1.29, 1.82) is 0 Å². The topological polar surface area (TPSA) is 59.6 Å². The number of hydrogen-bond acceptors (Lipinski definition) is 4. The van der Waals surface area contributed by atoms with E-state index < -0.39 is 5.79 Å². The monoisotopic (exact) mass is 288 g/mol. The van der Waals surface area contributed by atoms with Crippen LogP contribution in [0.2, 0.25) is 0 Å². The van der Waals surface area contributed by atoms with Crippen molar-refractivity contribution in [3.05, 3.63) is 0 Å². The van der Waals surface area contributed by atoms with Gasteiger partial charge in [0.1, 0.15) is 0 Å². The summed E-state index contributed by atoms with van der Waals surface area (Å²) in [7, 11) is 1.88. The van der Waals surface area contributed by atoms with Gasteiger partial charge in [-0.15, -0.1) is 0 Å².